The number of fused-ring (bicyclic) bond motifs is 2. The minimum absolute atomic E-state index is 0.0110. The Hall–Kier alpha value is -3.27. The molecule has 1 amide bonds. The zero-order valence-corrected chi connectivity index (χ0v) is 18.8. The van der Waals surface area contributed by atoms with Crippen LogP contribution in [0.5, 0.6) is 0 Å². The lowest BCUT2D eigenvalue weighted by atomic mass is 9.97. The number of benzene rings is 2. The normalized spacial score (nSPS) is 22.4. The summed E-state index contributed by atoms with van der Waals surface area (Å²) >= 11 is 0. The fourth-order valence-corrected chi connectivity index (χ4v) is 5.61. The largest absolute Gasteiger partial charge is 0.339 e. The Morgan fingerprint density at radius 3 is 2.52 bits per heavy atom. The molecule has 1 aliphatic carbocycles. The molecule has 9 heteroatoms. The number of nitrogens with one attached hydrogen (secondary N) is 2. The molecule has 7 nitrogen and oxygen atoms in total. The van der Waals surface area contributed by atoms with Crippen LogP contribution in [-0.4, -0.2) is 38.7 Å². The van der Waals surface area contributed by atoms with Gasteiger partial charge in [-0.2, -0.15) is 10.5 Å². The molecule has 2 N–H and O–H groups in total. The van der Waals surface area contributed by atoms with Gasteiger partial charge in [-0.3, -0.25) is 4.79 Å². The first-order valence-corrected chi connectivity index (χ1v) is 12.6. The highest BCUT2D eigenvalue weighted by molar-refractivity contribution is 7.90. The van der Waals surface area contributed by atoms with E-state index in [1.165, 1.54) is 24.3 Å². The highest BCUT2D eigenvalue weighted by Crippen LogP contribution is 2.35. The summed E-state index contributed by atoms with van der Waals surface area (Å²) in [7, 11) is -3.63. The Bertz CT molecular complexity index is 1300. The van der Waals surface area contributed by atoms with Crippen molar-refractivity contribution in [2.24, 2.45) is 5.92 Å². The monoisotopic (exact) mass is 466 g/mol. The molecule has 2 aromatic rings. The van der Waals surface area contributed by atoms with E-state index in [1.807, 2.05) is 12.1 Å². The van der Waals surface area contributed by atoms with Gasteiger partial charge in [0.2, 0.25) is 5.91 Å². The van der Waals surface area contributed by atoms with Gasteiger partial charge in [-0.05, 0) is 60.1 Å². The number of hydrogen-bond donors (Lipinski definition) is 2. The van der Waals surface area contributed by atoms with Crippen LogP contribution in [0.15, 0.2) is 41.3 Å². The zero-order valence-electron chi connectivity index (χ0n) is 18.0. The molecule has 0 spiro atoms. The quantitative estimate of drug-likeness (QED) is 0.674. The number of hydrogen-bond acceptors (Lipinski definition) is 6. The number of carbonyl (C=O) groups excluding carboxylic acids is 1. The molecular weight excluding hydrogens is 443 g/mol. The second-order valence-corrected chi connectivity index (χ2v) is 10.7. The predicted octanol–water partition coefficient (Wildman–Crippen LogP) is 2.46. The molecule has 170 valence electrons. The first-order chi connectivity index (χ1) is 15.7. The van der Waals surface area contributed by atoms with Crippen LogP contribution >= 0.6 is 0 Å². The van der Waals surface area contributed by atoms with Crippen molar-refractivity contribution in [3.8, 4) is 23.3 Å². The number of piperidine rings is 1. The molecule has 0 unspecified atom stereocenters. The zero-order chi connectivity index (χ0) is 23.8. The smallest absolute Gasteiger partial charge is 0.238 e. The summed E-state index contributed by atoms with van der Waals surface area (Å²) in [6.45, 7) is 0. The number of nitriles is 2. The van der Waals surface area contributed by atoms with Gasteiger partial charge in [0.25, 0.3) is 0 Å². The summed E-state index contributed by atoms with van der Waals surface area (Å²) in [4.78, 5) is 12.5. The maximum Gasteiger partial charge on any atom is 0.238 e. The summed E-state index contributed by atoms with van der Waals surface area (Å²) in [6, 6.07) is 11.8. The second-order valence-electron chi connectivity index (χ2n) is 8.71. The molecule has 4 atom stereocenters. The predicted molar refractivity (Wildman–Crippen MR) is 119 cm³/mol. The molecule has 0 aromatic heterocycles. The fourth-order valence-electron chi connectivity index (χ4n) is 4.75. The van der Waals surface area contributed by atoms with Crippen LogP contribution in [0.25, 0.3) is 11.1 Å². The van der Waals surface area contributed by atoms with E-state index in [4.69, 9.17) is 5.26 Å². The summed E-state index contributed by atoms with van der Waals surface area (Å²) in [6.07, 6.45) is 4.07. The number of rotatable bonds is 6. The van der Waals surface area contributed by atoms with Crippen molar-refractivity contribution in [1.82, 2.24) is 10.6 Å². The van der Waals surface area contributed by atoms with E-state index < -0.39 is 21.7 Å². The van der Waals surface area contributed by atoms with Crippen LogP contribution in [0.3, 0.4) is 0 Å². The number of carbonyl (C=O) groups is 1. The number of amides is 1. The van der Waals surface area contributed by atoms with Crippen molar-refractivity contribution < 1.29 is 17.6 Å². The Morgan fingerprint density at radius 1 is 1.21 bits per heavy atom. The summed E-state index contributed by atoms with van der Waals surface area (Å²) < 4.78 is 38.9. The van der Waals surface area contributed by atoms with E-state index in [-0.39, 0.29) is 40.3 Å². The van der Waals surface area contributed by atoms with E-state index in [0.29, 0.717) is 17.2 Å². The average Bonchev–Trinajstić information content (AvgIpc) is 3.42. The molecule has 33 heavy (non-hydrogen) atoms. The van der Waals surface area contributed by atoms with E-state index >= 15 is 0 Å². The van der Waals surface area contributed by atoms with Crippen LogP contribution < -0.4 is 10.6 Å². The third-order valence-electron chi connectivity index (χ3n) is 6.43. The lowest BCUT2D eigenvalue weighted by molar-refractivity contribution is -0.124. The Morgan fingerprint density at radius 2 is 1.94 bits per heavy atom. The van der Waals surface area contributed by atoms with Gasteiger partial charge in [-0.15, -0.1) is 0 Å². The van der Waals surface area contributed by atoms with Crippen LogP contribution in [0.4, 0.5) is 4.39 Å². The van der Waals surface area contributed by atoms with Gasteiger partial charge in [-0.1, -0.05) is 18.2 Å². The van der Waals surface area contributed by atoms with Crippen LogP contribution in [0.2, 0.25) is 0 Å². The summed E-state index contributed by atoms with van der Waals surface area (Å²) in [5.74, 6) is -0.503. The van der Waals surface area contributed by atoms with Gasteiger partial charge in [-0.25, -0.2) is 12.8 Å². The van der Waals surface area contributed by atoms with Gasteiger partial charge in [0.05, 0.1) is 22.6 Å². The number of nitrogens with zero attached hydrogens (tertiary/aromatic N) is 2. The van der Waals surface area contributed by atoms with Gasteiger partial charge in [0.15, 0.2) is 9.84 Å². The van der Waals surface area contributed by atoms with Crippen molar-refractivity contribution in [3.05, 3.63) is 53.3 Å². The minimum Gasteiger partial charge on any atom is -0.339 e. The topological polar surface area (TPSA) is 123 Å². The molecule has 2 aliphatic rings. The van der Waals surface area contributed by atoms with Crippen molar-refractivity contribution >= 4 is 15.7 Å². The highest BCUT2D eigenvalue weighted by Gasteiger charge is 2.43. The SMILES string of the molecule is CS(=O)(=O)c1cc(-c2ccc(C[C@@H](C#N)NC(=O)[C@H]3N[C@H]4CC[C@@H]3C4)c(F)c2)ccc1C#N. The average molecular weight is 467 g/mol. The van der Waals surface area contributed by atoms with Crippen LogP contribution in [0.1, 0.15) is 30.4 Å². The van der Waals surface area contributed by atoms with Crippen molar-refractivity contribution in [3.63, 3.8) is 0 Å². The van der Waals surface area contributed by atoms with E-state index in [1.54, 1.807) is 12.1 Å². The molecular formula is C24H23FN4O3S. The Balaban J connectivity index is 1.50. The first kappa shape index (κ1) is 22.9. The van der Waals surface area contributed by atoms with Crippen LogP contribution in [-0.2, 0) is 21.1 Å². The van der Waals surface area contributed by atoms with Crippen molar-refractivity contribution in [2.45, 2.75) is 48.7 Å². The van der Waals surface area contributed by atoms with Gasteiger partial charge in [0.1, 0.15) is 17.9 Å². The van der Waals surface area contributed by atoms with Gasteiger partial charge in [0, 0.05) is 18.7 Å². The maximum atomic E-state index is 14.9. The summed E-state index contributed by atoms with van der Waals surface area (Å²) in [5.41, 5.74) is 1.18. The second kappa shape index (κ2) is 8.93. The lowest BCUT2D eigenvalue weighted by Crippen LogP contribution is -2.50. The van der Waals surface area contributed by atoms with Gasteiger partial charge < -0.3 is 10.6 Å². The Labute approximate surface area is 192 Å². The molecule has 1 aliphatic heterocycles. The maximum absolute atomic E-state index is 14.9. The molecule has 2 bridgehead atoms. The van der Waals surface area contributed by atoms with E-state index in [9.17, 15) is 22.9 Å². The Kier molecular flexibility index (Phi) is 6.20. The van der Waals surface area contributed by atoms with Gasteiger partial charge >= 0.3 is 0 Å². The lowest BCUT2D eigenvalue weighted by Gasteiger charge is -2.23. The third kappa shape index (κ3) is 4.75. The van der Waals surface area contributed by atoms with E-state index in [2.05, 4.69) is 10.6 Å². The van der Waals surface area contributed by atoms with E-state index in [0.717, 1.165) is 25.5 Å². The molecule has 2 aromatic carbocycles. The molecule has 2 fully saturated rings. The van der Waals surface area contributed by atoms with Crippen molar-refractivity contribution in [1.29, 1.82) is 10.5 Å². The number of halogens is 1. The summed E-state index contributed by atoms with van der Waals surface area (Å²) in [5, 5.41) is 24.7. The first-order valence-electron chi connectivity index (χ1n) is 10.7. The molecule has 4 rings (SSSR count). The molecule has 1 saturated heterocycles. The minimum atomic E-state index is -3.63. The molecule has 1 heterocycles. The fraction of sp³-hybridized carbons (Fsp3) is 0.375. The number of sulfone groups is 1. The molecule has 1 saturated carbocycles. The van der Waals surface area contributed by atoms with Crippen molar-refractivity contribution in [2.75, 3.05) is 6.26 Å². The highest BCUT2D eigenvalue weighted by atomic mass is 32.2. The van der Waals surface area contributed by atoms with Crippen LogP contribution in [0, 0.1) is 34.4 Å². The third-order valence-corrected chi connectivity index (χ3v) is 7.56. The molecule has 0 radical (unpaired) electrons. The standard InChI is InChI=1S/C24H23FN4O3S/c1-33(31,32)22-11-15(3-5-18(22)12-26)14-2-4-16(21(25)10-14)8-20(13-27)29-24(30)23-17-6-7-19(9-17)28-23/h2-5,10-11,17,19-20,23,28H,6-9H2,1H3,(H,29,30)/t17-,19+,20+,23+/m1/s1.